The molecule has 0 radical (unpaired) electrons. The average Bonchev–Trinajstić information content (AvgIpc) is 2.87. The lowest BCUT2D eigenvalue weighted by atomic mass is 10.1. The zero-order chi connectivity index (χ0) is 13.9. The second-order valence-corrected chi connectivity index (χ2v) is 6.35. The van der Waals surface area contributed by atoms with Gasteiger partial charge >= 0.3 is 0 Å². The Balaban J connectivity index is 2.18. The van der Waals surface area contributed by atoms with Gasteiger partial charge in [0.25, 0.3) is 0 Å². The summed E-state index contributed by atoms with van der Waals surface area (Å²) in [6.45, 7) is 2.16. The maximum absolute atomic E-state index is 9.07. The molecule has 0 aliphatic rings. The van der Waals surface area contributed by atoms with Crippen LogP contribution < -0.4 is 0 Å². The molecule has 1 nitrogen and oxygen atoms in total. The second kappa shape index (κ2) is 5.70. The Labute approximate surface area is 126 Å². The van der Waals surface area contributed by atoms with E-state index in [9.17, 15) is 0 Å². The van der Waals surface area contributed by atoms with Crippen LogP contribution in [0, 0.1) is 10.7 Å². The molecule has 0 bridgehead atoms. The number of hydrogen-bond acceptors (Lipinski definition) is 3. The van der Waals surface area contributed by atoms with Crippen molar-refractivity contribution in [3.8, 4) is 15.8 Å². The summed E-state index contributed by atoms with van der Waals surface area (Å²) in [5.74, 6) is 0. The molecular weight excluding hydrogens is 282 g/mol. The molecule has 3 aromatic rings. The van der Waals surface area contributed by atoms with Crippen LogP contribution in [0.15, 0.2) is 53.4 Å². The number of thiocyanates is 1. The first-order valence-electron chi connectivity index (χ1n) is 6.50. The van der Waals surface area contributed by atoms with Gasteiger partial charge in [-0.1, -0.05) is 49.4 Å². The van der Waals surface area contributed by atoms with E-state index in [0.29, 0.717) is 0 Å². The highest BCUT2D eigenvalue weighted by atomic mass is 32.2. The molecule has 2 aromatic carbocycles. The molecule has 0 fully saturated rings. The monoisotopic (exact) mass is 295 g/mol. The minimum absolute atomic E-state index is 1.05. The Morgan fingerprint density at radius 1 is 1.10 bits per heavy atom. The van der Waals surface area contributed by atoms with Gasteiger partial charge in [0.05, 0.1) is 4.88 Å². The van der Waals surface area contributed by atoms with E-state index in [2.05, 4.69) is 48.7 Å². The summed E-state index contributed by atoms with van der Waals surface area (Å²) in [4.78, 5) is 2.28. The molecule has 0 N–H and O–H groups in total. The molecule has 98 valence electrons. The maximum Gasteiger partial charge on any atom is 0.138 e. The normalized spacial score (nSPS) is 10.6. The lowest BCUT2D eigenvalue weighted by Gasteiger charge is -2.02. The molecule has 3 heteroatoms. The molecule has 0 aliphatic carbocycles. The van der Waals surface area contributed by atoms with Gasteiger partial charge in [0.15, 0.2) is 0 Å². The smallest absolute Gasteiger partial charge is 0.138 e. The molecule has 0 unspecified atom stereocenters. The predicted octanol–water partition coefficient (Wildman–Crippen LogP) is 5.70. The minimum atomic E-state index is 1.05. The van der Waals surface area contributed by atoms with Crippen molar-refractivity contribution < 1.29 is 0 Å². The molecular formula is C17H13NS2. The van der Waals surface area contributed by atoms with Crippen molar-refractivity contribution in [3.05, 3.63) is 54.1 Å². The van der Waals surface area contributed by atoms with Crippen LogP contribution in [0.2, 0.25) is 0 Å². The molecule has 3 rings (SSSR count). The van der Waals surface area contributed by atoms with Crippen molar-refractivity contribution >= 4 is 33.2 Å². The highest BCUT2D eigenvalue weighted by Gasteiger charge is 2.14. The summed E-state index contributed by atoms with van der Waals surface area (Å²) in [5.41, 5.74) is 2.53. The molecule has 1 aromatic heterocycles. The van der Waals surface area contributed by atoms with Gasteiger partial charge in [-0.2, -0.15) is 5.26 Å². The summed E-state index contributed by atoms with van der Waals surface area (Å²) in [5, 5.41) is 12.5. The minimum Gasteiger partial charge on any atom is -0.185 e. The number of thioether (sulfide) groups is 1. The third-order valence-corrected chi connectivity index (χ3v) is 5.39. The summed E-state index contributed by atoms with van der Waals surface area (Å²) in [7, 11) is 0. The first-order valence-corrected chi connectivity index (χ1v) is 8.13. The highest BCUT2D eigenvalue weighted by molar-refractivity contribution is 8.04. The van der Waals surface area contributed by atoms with E-state index in [-0.39, 0.29) is 0 Å². The van der Waals surface area contributed by atoms with E-state index in [1.54, 1.807) is 11.3 Å². The second-order valence-electron chi connectivity index (χ2n) is 4.50. The maximum atomic E-state index is 9.07. The Bertz CT molecular complexity index is 779. The molecule has 0 aliphatic heterocycles. The molecule has 0 saturated carbocycles. The van der Waals surface area contributed by atoms with Gasteiger partial charge in [-0.25, -0.2) is 0 Å². The first kappa shape index (κ1) is 13.2. The number of nitriles is 1. The third kappa shape index (κ3) is 2.33. The number of rotatable bonds is 3. The number of aryl methyl sites for hydroxylation is 1. The van der Waals surface area contributed by atoms with Crippen molar-refractivity contribution in [2.45, 2.75) is 18.2 Å². The van der Waals surface area contributed by atoms with Crippen molar-refractivity contribution in [3.63, 3.8) is 0 Å². The third-order valence-electron chi connectivity index (χ3n) is 3.32. The molecule has 0 spiro atoms. The molecule has 0 saturated heterocycles. The van der Waals surface area contributed by atoms with E-state index in [1.165, 1.54) is 37.9 Å². The van der Waals surface area contributed by atoms with E-state index < -0.39 is 0 Å². The summed E-state index contributed by atoms with van der Waals surface area (Å²) in [6, 6.07) is 16.9. The average molecular weight is 295 g/mol. The Morgan fingerprint density at radius 3 is 2.55 bits per heavy atom. The first-order chi connectivity index (χ1) is 9.83. The Morgan fingerprint density at radius 2 is 1.85 bits per heavy atom. The number of hydrogen-bond donors (Lipinski definition) is 0. The fraction of sp³-hybridized carbons (Fsp3) is 0.118. The number of nitrogens with zero attached hydrogens (tertiary/aromatic N) is 1. The fourth-order valence-corrected chi connectivity index (χ4v) is 4.26. The van der Waals surface area contributed by atoms with Crippen LogP contribution >= 0.6 is 23.1 Å². The number of thiophene rings is 1. The van der Waals surface area contributed by atoms with Gasteiger partial charge in [0, 0.05) is 15.0 Å². The Kier molecular flexibility index (Phi) is 3.77. The van der Waals surface area contributed by atoms with E-state index in [4.69, 9.17) is 5.26 Å². The van der Waals surface area contributed by atoms with Crippen LogP contribution in [0.25, 0.3) is 20.5 Å². The summed E-state index contributed by atoms with van der Waals surface area (Å²) >= 11 is 3.02. The van der Waals surface area contributed by atoms with Crippen molar-refractivity contribution in [2.75, 3.05) is 0 Å². The van der Waals surface area contributed by atoms with Crippen LogP contribution in [-0.2, 0) is 6.42 Å². The SMILES string of the molecule is CCc1ccc(-c2sc3ccccc3c2SC#N)cc1. The van der Waals surface area contributed by atoms with Gasteiger partial charge < -0.3 is 0 Å². The van der Waals surface area contributed by atoms with Crippen molar-refractivity contribution in [1.29, 1.82) is 5.26 Å². The van der Waals surface area contributed by atoms with E-state index in [0.717, 1.165) is 11.3 Å². The van der Waals surface area contributed by atoms with Crippen LogP contribution in [0.3, 0.4) is 0 Å². The van der Waals surface area contributed by atoms with Gasteiger partial charge in [-0.05, 0) is 35.4 Å². The highest BCUT2D eigenvalue weighted by Crippen LogP contribution is 2.43. The topological polar surface area (TPSA) is 23.8 Å². The molecule has 20 heavy (non-hydrogen) atoms. The molecule has 0 atom stereocenters. The predicted molar refractivity (Wildman–Crippen MR) is 88.1 cm³/mol. The molecule has 1 heterocycles. The number of benzene rings is 2. The van der Waals surface area contributed by atoms with Gasteiger partial charge in [-0.15, -0.1) is 11.3 Å². The standard InChI is InChI=1S/C17H13NS2/c1-2-12-7-9-13(10-8-12)16-17(19-11-18)14-5-3-4-6-15(14)20-16/h3-10H,2H2,1H3. The Hall–Kier alpha value is -1.76. The van der Waals surface area contributed by atoms with Crippen LogP contribution in [0.1, 0.15) is 12.5 Å². The van der Waals surface area contributed by atoms with E-state index >= 15 is 0 Å². The van der Waals surface area contributed by atoms with Crippen LogP contribution in [-0.4, -0.2) is 0 Å². The van der Waals surface area contributed by atoms with Crippen LogP contribution in [0.5, 0.6) is 0 Å². The molecule has 0 amide bonds. The van der Waals surface area contributed by atoms with Crippen molar-refractivity contribution in [1.82, 2.24) is 0 Å². The van der Waals surface area contributed by atoms with Gasteiger partial charge in [0.1, 0.15) is 5.40 Å². The number of fused-ring (bicyclic) bond motifs is 1. The lowest BCUT2D eigenvalue weighted by Crippen LogP contribution is -1.80. The summed E-state index contributed by atoms with van der Waals surface area (Å²) in [6.07, 6.45) is 1.05. The summed E-state index contributed by atoms with van der Waals surface area (Å²) < 4.78 is 1.24. The van der Waals surface area contributed by atoms with Gasteiger partial charge in [0.2, 0.25) is 0 Å². The lowest BCUT2D eigenvalue weighted by molar-refractivity contribution is 1.14. The van der Waals surface area contributed by atoms with Gasteiger partial charge in [-0.3, -0.25) is 0 Å². The fourth-order valence-electron chi connectivity index (χ4n) is 2.25. The quantitative estimate of drug-likeness (QED) is 0.457. The van der Waals surface area contributed by atoms with Crippen molar-refractivity contribution in [2.24, 2.45) is 0 Å². The van der Waals surface area contributed by atoms with Crippen LogP contribution in [0.4, 0.5) is 0 Å². The largest absolute Gasteiger partial charge is 0.185 e. The van der Waals surface area contributed by atoms with E-state index in [1.807, 2.05) is 12.1 Å². The zero-order valence-corrected chi connectivity index (χ0v) is 12.7. The zero-order valence-electron chi connectivity index (χ0n) is 11.1.